The molecule has 1 amide bonds. The van der Waals surface area contributed by atoms with E-state index in [-0.39, 0.29) is 0 Å². The lowest BCUT2D eigenvalue weighted by Gasteiger charge is -2.14. The van der Waals surface area contributed by atoms with Crippen molar-refractivity contribution in [3.05, 3.63) is 78.1 Å². The summed E-state index contributed by atoms with van der Waals surface area (Å²) in [6.07, 6.45) is -0.982. The number of anilines is 1. The molecule has 5 heteroatoms. The van der Waals surface area contributed by atoms with Gasteiger partial charge in [-0.1, -0.05) is 30.3 Å². The molecule has 0 aromatic heterocycles. The van der Waals surface area contributed by atoms with Crippen LogP contribution in [-0.2, 0) is 9.53 Å². The number of hydrogen-bond acceptors (Lipinski definition) is 3. The number of halogens is 1. The third kappa shape index (κ3) is 4.01. The molecule has 0 unspecified atom stereocenters. The lowest BCUT2D eigenvalue weighted by molar-refractivity contribution is -0.123. The first-order valence-corrected chi connectivity index (χ1v) is 7.79. The minimum Gasteiger partial charge on any atom is -0.449 e. The van der Waals surface area contributed by atoms with Gasteiger partial charge >= 0.3 is 5.97 Å². The van der Waals surface area contributed by atoms with Crippen molar-refractivity contribution in [1.82, 2.24) is 0 Å². The first-order chi connectivity index (χ1) is 12.0. The SMILES string of the molecule is C[C@H](OC(=O)c1ccc2ccccc2c1)C(=O)Nc1ccc(F)cc1. The van der Waals surface area contributed by atoms with Crippen LogP contribution in [0.5, 0.6) is 0 Å². The number of ether oxygens (including phenoxy) is 1. The fraction of sp³-hybridized carbons (Fsp3) is 0.100. The van der Waals surface area contributed by atoms with E-state index in [1.165, 1.54) is 31.2 Å². The third-order valence-corrected chi connectivity index (χ3v) is 3.75. The summed E-state index contributed by atoms with van der Waals surface area (Å²) < 4.78 is 18.1. The maximum atomic E-state index is 12.9. The Morgan fingerprint density at radius 2 is 1.64 bits per heavy atom. The third-order valence-electron chi connectivity index (χ3n) is 3.75. The average Bonchev–Trinajstić information content (AvgIpc) is 2.63. The number of fused-ring (bicyclic) bond motifs is 1. The zero-order valence-corrected chi connectivity index (χ0v) is 13.5. The average molecular weight is 337 g/mol. The van der Waals surface area contributed by atoms with Gasteiger partial charge in [0.15, 0.2) is 6.10 Å². The van der Waals surface area contributed by atoms with Crippen molar-refractivity contribution in [3.63, 3.8) is 0 Å². The number of hydrogen-bond donors (Lipinski definition) is 1. The summed E-state index contributed by atoms with van der Waals surface area (Å²) in [5, 5.41) is 4.50. The molecular formula is C20H16FNO3. The van der Waals surface area contributed by atoms with E-state index in [0.29, 0.717) is 11.3 Å². The summed E-state index contributed by atoms with van der Waals surface area (Å²) in [4.78, 5) is 24.3. The molecule has 25 heavy (non-hydrogen) atoms. The van der Waals surface area contributed by atoms with Crippen LogP contribution < -0.4 is 5.32 Å². The largest absolute Gasteiger partial charge is 0.449 e. The van der Waals surface area contributed by atoms with Crippen LogP contribution >= 0.6 is 0 Å². The Morgan fingerprint density at radius 1 is 0.960 bits per heavy atom. The van der Waals surface area contributed by atoms with Crippen molar-refractivity contribution in [2.75, 3.05) is 5.32 Å². The molecule has 0 radical (unpaired) electrons. The molecule has 4 nitrogen and oxygen atoms in total. The number of carbonyl (C=O) groups is 2. The Labute approximate surface area is 144 Å². The van der Waals surface area contributed by atoms with Gasteiger partial charge < -0.3 is 10.1 Å². The van der Waals surface area contributed by atoms with Gasteiger partial charge in [-0.15, -0.1) is 0 Å². The number of benzene rings is 3. The molecule has 3 aromatic rings. The quantitative estimate of drug-likeness (QED) is 0.727. The minimum absolute atomic E-state index is 0.375. The fourth-order valence-electron chi connectivity index (χ4n) is 2.38. The van der Waals surface area contributed by atoms with Gasteiger partial charge in [0, 0.05) is 5.69 Å². The molecule has 1 N–H and O–H groups in total. The highest BCUT2D eigenvalue weighted by molar-refractivity contribution is 5.99. The van der Waals surface area contributed by atoms with E-state index in [4.69, 9.17) is 4.74 Å². The number of esters is 1. The zero-order valence-electron chi connectivity index (χ0n) is 13.5. The van der Waals surface area contributed by atoms with Gasteiger partial charge in [0.2, 0.25) is 0 Å². The van der Waals surface area contributed by atoms with Crippen LogP contribution in [-0.4, -0.2) is 18.0 Å². The van der Waals surface area contributed by atoms with Crippen LogP contribution in [0.2, 0.25) is 0 Å². The van der Waals surface area contributed by atoms with E-state index in [2.05, 4.69) is 5.32 Å². The highest BCUT2D eigenvalue weighted by Crippen LogP contribution is 2.17. The fourth-order valence-corrected chi connectivity index (χ4v) is 2.38. The molecule has 1 atom stereocenters. The standard InChI is InChI=1S/C20H16FNO3/c1-13(19(23)22-18-10-8-17(21)9-11-18)25-20(24)16-7-6-14-4-2-3-5-15(14)12-16/h2-13H,1H3,(H,22,23)/t13-/m0/s1. The van der Waals surface area contributed by atoms with Gasteiger partial charge in [0.1, 0.15) is 5.82 Å². The Bertz CT molecular complexity index is 922. The number of nitrogens with one attached hydrogen (secondary N) is 1. The van der Waals surface area contributed by atoms with E-state index in [1.54, 1.807) is 12.1 Å². The van der Waals surface area contributed by atoms with Crippen LogP contribution in [0.15, 0.2) is 66.7 Å². The number of amides is 1. The van der Waals surface area contributed by atoms with E-state index < -0.39 is 23.8 Å². The zero-order chi connectivity index (χ0) is 17.8. The predicted octanol–water partition coefficient (Wildman–Crippen LogP) is 4.16. The molecule has 0 aliphatic heterocycles. The molecule has 3 rings (SSSR count). The smallest absolute Gasteiger partial charge is 0.338 e. The van der Waals surface area contributed by atoms with Crippen molar-refractivity contribution in [2.45, 2.75) is 13.0 Å². The summed E-state index contributed by atoms with van der Waals surface area (Å²) in [7, 11) is 0. The van der Waals surface area contributed by atoms with Crippen molar-refractivity contribution in [3.8, 4) is 0 Å². The van der Waals surface area contributed by atoms with Gasteiger partial charge in [0.25, 0.3) is 5.91 Å². The second kappa shape index (κ2) is 7.13. The second-order valence-corrected chi connectivity index (χ2v) is 5.61. The molecule has 0 spiro atoms. The minimum atomic E-state index is -0.982. The van der Waals surface area contributed by atoms with E-state index in [0.717, 1.165) is 10.8 Å². The molecule has 0 aliphatic carbocycles. The maximum absolute atomic E-state index is 12.9. The van der Waals surface area contributed by atoms with E-state index in [1.807, 2.05) is 30.3 Å². The van der Waals surface area contributed by atoms with Gasteiger partial charge in [0.05, 0.1) is 5.56 Å². The highest BCUT2D eigenvalue weighted by Gasteiger charge is 2.19. The molecule has 0 heterocycles. The number of carbonyl (C=O) groups excluding carboxylic acids is 2. The Kier molecular flexibility index (Phi) is 4.75. The van der Waals surface area contributed by atoms with E-state index in [9.17, 15) is 14.0 Å². The lowest BCUT2D eigenvalue weighted by Crippen LogP contribution is -2.30. The van der Waals surface area contributed by atoms with Crippen molar-refractivity contribution in [2.24, 2.45) is 0 Å². The summed E-state index contributed by atoms with van der Waals surface area (Å²) in [6.45, 7) is 1.48. The normalized spacial score (nSPS) is 11.8. The molecule has 0 bridgehead atoms. The van der Waals surface area contributed by atoms with Gasteiger partial charge in [-0.25, -0.2) is 9.18 Å². The monoisotopic (exact) mass is 337 g/mol. The Balaban J connectivity index is 1.66. The van der Waals surface area contributed by atoms with Crippen LogP contribution in [0.4, 0.5) is 10.1 Å². The van der Waals surface area contributed by atoms with Crippen LogP contribution in [0.25, 0.3) is 10.8 Å². The summed E-state index contributed by atoms with van der Waals surface area (Å²) in [5.41, 5.74) is 0.806. The van der Waals surface area contributed by atoms with Gasteiger partial charge in [-0.3, -0.25) is 4.79 Å². The Morgan fingerprint density at radius 3 is 2.36 bits per heavy atom. The van der Waals surface area contributed by atoms with Crippen molar-refractivity contribution < 1.29 is 18.7 Å². The topological polar surface area (TPSA) is 55.4 Å². The molecule has 3 aromatic carbocycles. The second-order valence-electron chi connectivity index (χ2n) is 5.61. The summed E-state index contributed by atoms with van der Waals surface area (Å²) in [6, 6.07) is 18.2. The molecule has 126 valence electrons. The van der Waals surface area contributed by atoms with Crippen LogP contribution in [0.1, 0.15) is 17.3 Å². The highest BCUT2D eigenvalue weighted by atomic mass is 19.1. The molecule has 0 aliphatic rings. The van der Waals surface area contributed by atoms with Gasteiger partial charge in [-0.2, -0.15) is 0 Å². The Hall–Kier alpha value is -3.21. The predicted molar refractivity (Wildman–Crippen MR) is 93.9 cm³/mol. The molecular weight excluding hydrogens is 321 g/mol. The lowest BCUT2D eigenvalue weighted by atomic mass is 10.1. The molecule has 0 saturated heterocycles. The van der Waals surface area contributed by atoms with Crippen molar-refractivity contribution in [1.29, 1.82) is 0 Å². The first kappa shape index (κ1) is 16.6. The summed E-state index contributed by atoms with van der Waals surface area (Å²) >= 11 is 0. The molecule has 0 saturated carbocycles. The van der Waals surface area contributed by atoms with Gasteiger partial charge in [-0.05, 0) is 54.1 Å². The van der Waals surface area contributed by atoms with E-state index >= 15 is 0 Å². The molecule has 0 fully saturated rings. The number of rotatable bonds is 4. The summed E-state index contributed by atoms with van der Waals surface area (Å²) in [5.74, 6) is -1.46. The van der Waals surface area contributed by atoms with Crippen LogP contribution in [0.3, 0.4) is 0 Å². The maximum Gasteiger partial charge on any atom is 0.338 e. The van der Waals surface area contributed by atoms with Crippen molar-refractivity contribution >= 4 is 28.3 Å². The first-order valence-electron chi connectivity index (χ1n) is 7.79. The van der Waals surface area contributed by atoms with Crippen LogP contribution in [0, 0.1) is 5.82 Å².